The number of aryl methyl sites for hydroxylation is 1. The number of carbonyl (C=O) groups is 1. The largest absolute Gasteiger partial charge is 0.375 e. The van der Waals surface area contributed by atoms with Crippen molar-refractivity contribution < 1.29 is 9.53 Å². The molecule has 0 spiro atoms. The Balaban J connectivity index is 2.02. The van der Waals surface area contributed by atoms with Crippen LogP contribution in [-0.2, 0) is 4.74 Å². The first kappa shape index (κ1) is 14.3. The van der Waals surface area contributed by atoms with Crippen LogP contribution < -0.4 is 5.32 Å². The van der Waals surface area contributed by atoms with Crippen molar-refractivity contribution in [3.63, 3.8) is 0 Å². The third-order valence-electron chi connectivity index (χ3n) is 3.30. The number of hydrogen-bond donors (Lipinski definition) is 1. The maximum atomic E-state index is 12.0. The van der Waals surface area contributed by atoms with Gasteiger partial charge in [0, 0.05) is 19.2 Å². The van der Waals surface area contributed by atoms with E-state index in [0.29, 0.717) is 12.1 Å². The van der Waals surface area contributed by atoms with E-state index in [0.717, 1.165) is 11.1 Å². The summed E-state index contributed by atoms with van der Waals surface area (Å²) in [5.74, 6) is -0.0822. The summed E-state index contributed by atoms with van der Waals surface area (Å²) in [4.78, 5) is 12.0. The minimum atomic E-state index is -0.135. The van der Waals surface area contributed by atoms with Crippen LogP contribution in [0.25, 0.3) is 0 Å². The van der Waals surface area contributed by atoms with Gasteiger partial charge in [-0.1, -0.05) is 42.5 Å². The summed E-state index contributed by atoms with van der Waals surface area (Å²) in [6.45, 7) is 2.50. The van der Waals surface area contributed by atoms with Crippen LogP contribution in [0.4, 0.5) is 0 Å². The molecule has 2 aromatic carbocycles. The van der Waals surface area contributed by atoms with Crippen molar-refractivity contribution in [1.29, 1.82) is 0 Å². The van der Waals surface area contributed by atoms with Crippen molar-refractivity contribution in [1.82, 2.24) is 5.32 Å². The molecule has 0 saturated carbocycles. The Morgan fingerprint density at radius 3 is 2.40 bits per heavy atom. The fourth-order valence-electron chi connectivity index (χ4n) is 2.15. The number of carbonyl (C=O) groups excluding carboxylic acids is 1. The van der Waals surface area contributed by atoms with E-state index in [4.69, 9.17) is 4.74 Å². The van der Waals surface area contributed by atoms with Crippen molar-refractivity contribution in [2.75, 3.05) is 13.7 Å². The third-order valence-corrected chi connectivity index (χ3v) is 3.30. The van der Waals surface area contributed by atoms with E-state index in [-0.39, 0.29) is 12.0 Å². The number of nitrogens with one attached hydrogen (secondary N) is 1. The summed E-state index contributed by atoms with van der Waals surface area (Å²) in [5.41, 5.74) is 2.92. The minimum absolute atomic E-state index is 0.0822. The first-order valence-electron chi connectivity index (χ1n) is 6.64. The van der Waals surface area contributed by atoms with E-state index in [1.54, 1.807) is 19.2 Å². The predicted molar refractivity (Wildman–Crippen MR) is 79.7 cm³/mol. The van der Waals surface area contributed by atoms with Crippen LogP contribution in [0, 0.1) is 6.92 Å². The number of benzene rings is 2. The van der Waals surface area contributed by atoms with Crippen molar-refractivity contribution in [2.45, 2.75) is 13.0 Å². The van der Waals surface area contributed by atoms with Crippen LogP contribution in [0.15, 0.2) is 54.6 Å². The Hall–Kier alpha value is -2.13. The standard InChI is InChI=1S/C17H19NO2/c1-13-8-6-7-11-15(13)16(20-2)12-18-17(19)14-9-4-3-5-10-14/h3-11,16H,12H2,1-2H3,(H,18,19). The second kappa shape index (κ2) is 6.87. The topological polar surface area (TPSA) is 38.3 Å². The number of rotatable bonds is 5. The molecule has 1 unspecified atom stereocenters. The van der Waals surface area contributed by atoms with Gasteiger partial charge in [0.05, 0.1) is 6.10 Å². The van der Waals surface area contributed by atoms with Crippen molar-refractivity contribution >= 4 is 5.91 Å². The molecule has 0 bridgehead atoms. The van der Waals surface area contributed by atoms with Crippen LogP contribution in [0.3, 0.4) is 0 Å². The first-order chi connectivity index (χ1) is 9.72. The summed E-state index contributed by atoms with van der Waals surface area (Å²) in [7, 11) is 1.66. The van der Waals surface area contributed by atoms with Crippen molar-refractivity contribution in [2.24, 2.45) is 0 Å². The molecule has 0 fully saturated rings. The molecule has 0 aliphatic carbocycles. The first-order valence-corrected chi connectivity index (χ1v) is 6.64. The monoisotopic (exact) mass is 269 g/mol. The molecule has 104 valence electrons. The Labute approximate surface area is 119 Å². The summed E-state index contributed by atoms with van der Waals surface area (Å²) < 4.78 is 5.49. The van der Waals surface area contributed by atoms with Gasteiger partial charge in [0.15, 0.2) is 0 Å². The molecular weight excluding hydrogens is 250 g/mol. The minimum Gasteiger partial charge on any atom is -0.375 e. The molecule has 0 aromatic heterocycles. The molecule has 0 saturated heterocycles. The molecule has 20 heavy (non-hydrogen) atoms. The van der Waals surface area contributed by atoms with Gasteiger partial charge in [-0.3, -0.25) is 4.79 Å². The number of hydrogen-bond acceptors (Lipinski definition) is 2. The van der Waals surface area contributed by atoms with E-state index < -0.39 is 0 Å². The van der Waals surface area contributed by atoms with Crippen LogP contribution in [-0.4, -0.2) is 19.6 Å². The zero-order valence-corrected chi connectivity index (χ0v) is 11.8. The fraction of sp³-hybridized carbons (Fsp3) is 0.235. The Bertz CT molecular complexity index is 566. The zero-order chi connectivity index (χ0) is 14.4. The van der Waals surface area contributed by atoms with E-state index in [2.05, 4.69) is 5.32 Å². The summed E-state index contributed by atoms with van der Waals surface area (Å²) in [6.07, 6.45) is -0.135. The van der Waals surface area contributed by atoms with Gasteiger partial charge in [0.1, 0.15) is 0 Å². The summed E-state index contributed by atoms with van der Waals surface area (Å²) >= 11 is 0. The maximum absolute atomic E-state index is 12.0. The van der Waals surface area contributed by atoms with Crippen LogP contribution in [0.1, 0.15) is 27.6 Å². The number of ether oxygens (including phenoxy) is 1. The lowest BCUT2D eigenvalue weighted by molar-refractivity contribution is 0.0826. The zero-order valence-electron chi connectivity index (χ0n) is 11.8. The SMILES string of the molecule is COC(CNC(=O)c1ccccc1)c1ccccc1C. The summed E-state index contributed by atoms with van der Waals surface area (Å²) in [5, 5.41) is 2.91. The molecule has 1 amide bonds. The lowest BCUT2D eigenvalue weighted by Crippen LogP contribution is -2.29. The Morgan fingerprint density at radius 2 is 1.75 bits per heavy atom. The lowest BCUT2D eigenvalue weighted by Gasteiger charge is -2.18. The van der Waals surface area contributed by atoms with Gasteiger partial charge in [0.2, 0.25) is 0 Å². The van der Waals surface area contributed by atoms with E-state index >= 15 is 0 Å². The average molecular weight is 269 g/mol. The number of amides is 1. The molecule has 0 heterocycles. The molecule has 0 radical (unpaired) electrons. The molecule has 0 aliphatic rings. The van der Waals surface area contributed by atoms with E-state index in [9.17, 15) is 4.79 Å². The van der Waals surface area contributed by atoms with Gasteiger partial charge < -0.3 is 10.1 Å². The van der Waals surface area contributed by atoms with Crippen molar-refractivity contribution in [3.8, 4) is 0 Å². The van der Waals surface area contributed by atoms with Gasteiger partial charge in [-0.25, -0.2) is 0 Å². The van der Waals surface area contributed by atoms with Gasteiger partial charge in [0.25, 0.3) is 5.91 Å². The van der Waals surface area contributed by atoms with E-state index in [1.165, 1.54) is 0 Å². The molecule has 3 heteroatoms. The quantitative estimate of drug-likeness (QED) is 0.905. The highest BCUT2D eigenvalue weighted by Gasteiger charge is 2.14. The second-order valence-electron chi connectivity index (χ2n) is 4.66. The van der Waals surface area contributed by atoms with Crippen molar-refractivity contribution in [3.05, 3.63) is 71.3 Å². The van der Waals surface area contributed by atoms with Gasteiger partial charge in [-0.05, 0) is 30.2 Å². The average Bonchev–Trinajstić information content (AvgIpc) is 2.50. The highest BCUT2D eigenvalue weighted by molar-refractivity contribution is 5.94. The molecular formula is C17H19NO2. The second-order valence-corrected chi connectivity index (χ2v) is 4.66. The van der Waals surface area contributed by atoms with Gasteiger partial charge in [-0.15, -0.1) is 0 Å². The molecule has 2 aromatic rings. The number of methoxy groups -OCH3 is 1. The van der Waals surface area contributed by atoms with Gasteiger partial charge >= 0.3 is 0 Å². The van der Waals surface area contributed by atoms with Gasteiger partial charge in [-0.2, -0.15) is 0 Å². The smallest absolute Gasteiger partial charge is 0.251 e. The molecule has 0 aliphatic heterocycles. The van der Waals surface area contributed by atoms with Crippen LogP contribution in [0.2, 0.25) is 0 Å². The maximum Gasteiger partial charge on any atom is 0.251 e. The highest BCUT2D eigenvalue weighted by Crippen LogP contribution is 2.19. The third kappa shape index (κ3) is 3.45. The summed E-state index contributed by atoms with van der Waals surface area (Å²) in [6, 6.07) is 17.2. The van der Waals surface area contributed by atoms with Crippen LogP contribution in [0.5, 0.6) is 0 Å². The highest BCUT2D eigenvalue weighted by atomic mass is 16.5. The molecule has 1 N–H and O–H groups in total. The normalized spacial score (nSPS) is 11.9. The Kier molecular flexibility index (Phi) is 4.91. The predicted octanol–water partition coefficient (Wildman–Crippen LogP) is 3.11. The Morgan fingerprint density at radius 1 is 1.10 bits per heavy atom. The molecule has 1 atom stereocenters. The van der Waals surface area contributed by atoms with E-state index in [1.807, 2.05) is 49.4 Å². The lowest BCUT2D eigenvalue weighted by atomic mass is 10.0. The molecule has 2 rings (SSSR count). The fourth-order valence-corrected chi connectivity index (χ4v) is 2.15. The van der Waals surface area contributed by atoms with Crippen LogP contribution >= 0.6 is 0 Å². The molecule has 3 nitrogen and oxygen atoms in total.